The van der Waals surface area contributed by atoms with Crippen LogP contribution in [-0.4, -0.2) is 35.8 Å². The number of hydrogen-bond donors (Lipinski definition) is 1. The van der Waals surface area contributed by atoms with Crippen molar-refractivity contribution in [3.8, 4) is 0 Å². The molecule has 0 aliphatic rings. The van der Waals surface area contributed by atoms with Crippen LogP contribution in [0.2, 0.25) is 0 Å². The minimum Gasteiger partial charge on any atom is -0.461 e. The van der Waals surface area contributed by atoms with Crippen molar-refractivity contribution in [1.29, 1.82) is 0 Å². The second-order valence-corrected chi connectivity index (χ2v) is 3.95. The van der Waals surface area contributed by atoms with E-state index in [-0.39, 0.29) is 5.69 Å². The summed E-state index contributed by atoms with van der Waals surface area (Å²) in [4.78, 5) is 15.5. The Morgan fingerprint density at radius 1 is 1.44 bits per heavy atom. The maximum Gasteiger partial charge on any atom is 0.360 e. The Hall–Kier alpha value is -1.56. The van der Waals surface area contributed by atoms with Crippen LogP contribution in [0, 0.1) is 0 Å². The molecule has 0 aliphatic carbocycles. The normalized spacial score (nSPS) is 10.6. The molecule has 0 radical (unpaired) electrons. The van der Waals surface area contributed by atoms with E-state index in [4.69, 9.17) is 15.2 Å². The second-order valence-electron chi connectivity index (χ2n) is 3.95. The predicted octanol–water partition coefficient (Wildman–Crippen LogP) is 1.46. The summed E-state index contributed by atoms with van der Waals surface area (Å²) >= 11 is 0. The van der Waals surface area contributed by atoms with Crippen LogP contribution in [0.4, 0.5) is 5.82 Å². The molecule has 0 amide bonds. The van der Waals surface area contributed by atoms with Gasteiger partial charge in [-0.25, -0.2) is 9.78 Å². The van der Waals surface area contributed by atoms with Gasteiger partial charge in [-0.1, -0.05) is 0 Å². The van der Waals surface area contributed by atoms with E-state index in [0.29, 0.717) is 12.4 Å². The molecular formula is C12H21N3O3. The van der Waals surface area contributed by atoms with Gasteiger partial charge in [-0.3, -0.25) is 0 Å². The number of ether oxygens (including phenoxy) is 2. The van der Waals surface area contributed by atoms with E-state index in [0.717, 1.165) is 32.4 Å². The van der Waals surface area contributed by atoms with Crippen LogP contribution in [-0.2, 0) is 16.0 Å². The molecule has 6 heteroatoms. The van der Waals surface area contributed by atoms with Crippen LogP contribution in [0.15, 0.2) is 6.33 Å². The maximum atomic E-state index is 11.5. The van der Waals surface area contributed by atoms with Crippen molar-refractivity contribution >= 4 is 11.8 Å². The lowest BCUT2D eigenvalue weighted by atomic mass is 10.2. The van der Waals surface area contributed by atoms with Crippen molar-refractivity contribution < 1.29 is 14.3 Å². The molecule has 1 heterocycles. The van der Waals surface area contributed by atoms with Crippen LogP contribution in [0.3, 0.4) is 0 Å². The Morgan fingerprint density at radius 3 is 2.89 bits per heavy atom. The van der Waals surface area contributed by atoms with Crippen molar-refractivity contribution in [1.82, 2.24) is 9.55 Å². The zero-order valence-corrected chi connectivity index (χ0v) is 11.0. The highest BCUT2D eigenvalue weighted by molar-refractivity contribution is 5.92. The average molecular weight is 255 g/mol. The standard InChI is InChI=1S/C12H21N3O3/c1-3-18-12(16)10-11(13)15(9-14-10)7-5-4-6-8-17-2/h9H,3-8,13H2,1-2H3. The largest absolute Gasteiger partial charge is 0.461 e. The van der Waals surface area contributed by atoms with Crippen molar-refractivity contribution in [2.24, 2.45) is 0 Å². The fourth-order valence-electron chi connectivity index (χ4n) is 1.63. The Balaban J connectivity index is 2.45. The van der Waals surface area contributed by atoms with E-state index in [1.165, 1.54) is 0 Å². The molecule has 0 bridgehead atoms. The van der Waals surface area contributed by atoms with E-state index in [2.05, 4.69) is 4.98 Å². The SMILES string of the molecule is CCOC(=O)c1ncn(CCCCCOC)c1N. The first-order valence-electron chi connectivity index (χ1n) is 6.17. The number of methoxy groups -OCH3 is 1. The first kappa shape index (κ1) is 14.5. The lowest BCUT2D eigenvalue weighted by molar-refractivity contribution is 0.0521. The number of rotatable bonds is 8. The predicted molar refractivity (Wildman–Crippen MR) is 68.3 cm³/mol. The Labute approximate surface area is 107 Å². The number of anilines is 1. The third-order valence-electron chi connectivity index (χ3n) is 2.59. The number of aryl methyl sites for hydroxylation is 1. The lowest BCUT2D eigenvalue weighted by Crippen LogP contribution is -2.10. The van der Waals surface area contributed by atoms with E-state index in [1.54, 1.807) is 24.9 Å². The maximum absolute atomic E-state index is 11.5. The van der Waals surface area contributed by atoms with Gasteiger partial charge in [0.05, 0.1) is 12.9 Å². The number of hydrogen-bond acceptors (Lipinski definition) is 5. The van der Waals surface area contributed by atoms with E-state index < -0.39 is 5.97 Å². The van der Waals surface area contributed by atoms with Crippen molar-refractivity contribution in [3.05, 3.63) is 12.0 Å². The molecule has 0 atom stereocenters. The Bertz CT molecular complexity index is 377. The summed E-state index contributed by atoms with van der Waals surface area (Å²) in [5.74, 6) is -0.0895. The fraction of sp³-hybridized carbons (Fsp3) is 0.667. The average Bonchev–Trinajstić information content (AvgIpc) is 2.71. The van der Waals surface area contributed by atoms with Crippen molar-refractivity contribution in [2.75, 3.05) is 26.1 Å². The molecule has 102 valence electrons. The fourth-order valence-corrected chi connectivity index (χ4v) is 1.63. The highest BCUT2D eigenvalue weighted by atomic mass is 16.5. The summed E-state index contributed by atoms with van der Waals surface area (Å²) in [6.07, 6.45) is 4.64. The molecule has 6 nitrogen and oxygen atoms in total. The van der Waals surface area contributed by atoms with E-state index in [9.17, 15) is 4.79 Å². The topological polar surface area (TPSA) is 79.4 Å². The Morgan fingerprint density at radius 2 is 2.22 bits per heavy atom. The minimum atomic E-state index is -0.465. The second kappa shape index (κ2) is 7.71. The van der Waals surface area contributed by atoms with Crippen molar-refractivity contribution in [3.63, 3.8) is 0 Å². The van der Waals surface area contributed by atoms with Crippen LogP contribution in [0.1, 0.15) is 36.7 Å². The van der Waals surface area contributed by atoms with Gasteiger partial charge >= 0.3 is 5.97 Å². The van der Waals surface area contributed by atoms with E-state index >= 15 is 0 Å². The minimum absolute atomic E-state index is 0.203. The Kier molecular flexibility index (Phi) is 6.21. The van der Waals surface area contributed by atoms with Gasteiger partial charge < -0.3 is 19.8 Å². The molecule has 0 unspecified atom stereocenters. The monoisotopic (exact) mass is 255 g/mol. The van der Waals surface area contributed by atoms with Crippen LogP contribution in [0.5, 0.6) is 0 Å². The summed E-state index contributed by atoms with van der Waals surface area (Å²) in [6, 6.07) is 0. The van der Waals surface area contributed by atoms with Crippen molar-refractivity contribution in [2.45, 2.75) is 32.7 Å². The lowest BCUT2D eigenvalue weighted by Gasteiger charge is -2.05. The number of nitrogen functional groups attached to an aromatic ring is 1. The quantitative estimate of drug-likeness (QED) is 0.562. The highest BCUT2D eigenvalue weighted by Gasteiger charge is 2.16. The molecule has 0 spiro atoms. The zero-order valence-electron chi connectivity index (χ0n) is 11.0. The molecule has 2 N–H and O–H groups in total. The molecule has 1 aromatic rings. The third-order valence-corrected chi connectivity index (χ3v) is 2.59. The number of esters is 1. The molecule has 1 aromatic heterocycles. The van der Waals surface area contributed by atoms with Gasteiger partial charge in [0.1, 0.15) is 5.82 Å². The number of unbranched alkanes of at least 4 members (excludes halogenated alkanes) is 2. The van der Waals surface area contributed by atoms with Gasteiger partial charge in [-0.2, -0.15) is 0 Å². The molecule has 0 saturated carbocycles. The number of nitrogens with two attached hydrogens (primary N) is 1. The first-order valence-corrected chi connectivity index (χ1v) is 6.17. The number of nitrogens with zero attached hydrogens (tertiary/aromatic N) is 2. The number of carbonyl (C=O) groups excluding carboxylic acids is 1. The molecule has 1 rings (SSSR count). The van der Waals surface area contributed by atoms with Gasteiger partial charge in [0.15, 0.2) is 5.69 Å². The molecular weight excluding hydrogens is 234 g/mol. The van der Waals surface area contributed by atoms with Gasteiger partial charge in [-0.05, 0) is 26.2 Å². The summed E-state index contributed by atoms with van der Waals surface area (Å²) in [5, 5.41) is 0. The first-order chi connectivity index (χ1) is 8.70. The van der Waals surface area contributed by atoms with Gasteiger partial charge in [0.25, 0.3) is 0 Å². The molecule has 18 heavy (non-hydrogen) atoms. The van der Waals surface area contributed by atoms with Crippen LogP contribution in [0.25, 0.3) is 0 Å². The summed E-state index contributed by atoms with van der Waals surface area (Å²) in [6.45, 7) is 3.60. The number of carbonyl (C=O) groups is 1. The smallest absolute Gasteiger partial charge is 0.360 e. The summed E-state index contributed by atoms with van der Waals surface area (Å²) < 4.78 is 11.6. The molecule has 0 fully saturated rings. The van der Waals surface area contributed by atoms with E-state index in [1.807, 2.05) is 0 Å². The number of aromatic nitrogens is 2. The zero-order chi connectivity index (χ0) is 13.4. The molecule has 0 aromatic carbocycles. The third kappa shape index (κ3) is 4.03. The van der Waals surface area contributed by atoms with Crippen LogP contribution >= 0.6 is 0 Å². The highest BCUT2D eigenvalue weighted by Crippen LogP contribution is 2.12. The summed E-state index contributed by atoms with van der Waals surface area (Å²) in [7, 11) is 1.69. The number of imidazole rings is 1. The molecule has 0 saturated heterocycles. The molecule has 0 aliphatic heterocycles. The van der Waals surface area contributed by atoms with Gasteiger partial charge in [0.2, 0.25) is 0 Å². The van der Waals surface area contributed by atoms with Gasteiger partial charge in [-0.15, -0.1) is 0 Å². The summed E-state index contributed by atoms with van der Waals surface area (Å²) in [5.41, 5.74) is 6.05. The van der Waals surface area contributed by atoms with Crippen LogP contribution < -0.4 is 5.73 Å². The van der Waals surface area contributed by atoms with Gasteiger partial charge in [0, 0.05) is 20.3 Å².